The molecule has 0 aliphatic rings. The van der Waals surface area contributed by atoms with Crippen molar-refractivity contribution in [3.63, 3.8) is 0 Å². The minimum Gasteiger partial charge on any atom is -0.380 e. The Morgan fingerprint density at radius 1 is 1.20 bits per heavy atom. The zero-order valence-electron chi connectivity index (χ0n) is 11.2. The lowest BCUT2D eigenvalue weighted by Gasteiger charge is -2.10. The fourth-order valence-electron chi connectivity index (χ4n) is 1.92. The van der Waals surface area contributed by atoms with Crippen molar-refractivity contribution in [2.75, 3.05) is 12.4 Å². The molecule has 102 valence electrons. The van der Waals surface area contributed by atoms with E-state index < -0.39 is 0 Å². The van der Waals surface area contributed by atoms with E-state index in [1.807, 2.05) is 24.3 Å². The van der Waals surface area contributed by atoms with Crippen LogP contribution in [0.5, 0.6) is 0 Å². The summed E-state index contributed by atoms with van der Waals surface area (Å²) < 4.78 is 5.12. The molecule has 20 heavy (non-hydrogen) atoms. The molecular formula is C16H15ClN2O. The van der Waals surface area contributed by atoms with Crippen molar-refractivity contribution in [2.24, 2.45) is 0 Å². The van der Waals surface area contributed by atoms with Crippen LogP contribution in [0.1, 0.15) is 16.7 Å². The minimum atomic E-state index is 0.553. The highest BCUT2D eigenvalue weighted by Gasteiger charge is 2.02. The van der Waals surface area contributed by atoms with Gasteiger partial charge in [0.05, 0.1) is 28.9 Å². The molecule has 0 heterocycles. The Morgan fingerprint density at radius 2 is 2.00 bits per heavy atom. The summed E-state index contributed by atoms with van der Waals surface area (Å²) in [6.45, 7) is 1.27. The summed E-state index contributed by atoms with van der Waals surface area (Å²) >= 11 is 6.12. The summed E-state index contributed by atoms with van der Waals surface area (Å²) in [5, 5.41) is 12.6. The van der Waals surface area contributed by atoms with Gasteiger partial charge >= 0.3 is 0 Å². The van der Waals surface area contributed by atoms with Crippen LogP contribution in [-0.2, 0) is 17.9 Å². The van der Waals surface area contributed by atoms with Crippen molar-refractivity contribution in [1.29, 1.82) is 5.26 Å². The second-order valence-corrected chi connectivity index (χ2v) is 4.82. The first kappa shape index (κ1) is 14.4. The van der Waals surface area contributed by atoms with E-state index in [0.29, 0.717) is 23.7 Å². The van der Waals surface area contributed by atoms with Gasteiger partial charge in [0, 0.05) is 13.7 Å². The monoisotopic (exact) mass is 286 g/mol. The van der Waals surface area contributed by atoms with Crippen LogP contribution in [0, 0.1) is 11.3 Å². The third kappa shape index (κ3) is 3.74. The second kappa shape index (κ2) is 6.95. The summed E-state index contributed by atoms with van der Waals surface area (Å²) in [4.78, 5) is 0. The predicted molar refractivity (Wildman–Crippen MR) is 80.6 cm³/mol. The molecule has 4 heteroatoms. The molecule has 0 bridgehead atoms. The number of methoxy groups -OCH3 is 1. The molecule has 0 saturated carbocycles. The van der Waals surface area contributed by atoms with E-state index >= 15 is 0 Å². The first-order valence-corrected chi connectivity index (χ1v) is 6.61. The highest BCUT2D eigenvalue weighted by molar-refractivity contribution is 6.33. The topological polar surface area (TPSA) is 45.0 Å². The van der Waals surface area contributed by atoms with Crippen molar-refractivity contribution in [3.05, 3.63) is 64.2 Å². The van der Waals surface area contributed by atoms with Gasteiger partial charge in [-0.15, -0.1) is 0 Å². The van der Waals surface area contributed by atoms with Gasteiger partial charge in [0.25, 0.3) is 0 Å². The molecule has 1 N–H and O–H groups in total. The Bertz CT molecular complexity index is 635. The number of rotatable bonds is 5. The molecule has 2 aromatic carbocycles. The van der Waals surface area contributed by atoms with Crippen LogP contribution in [-0.4, -0.2) is 7.11 Å². The zero-order chi connectivity index (χ0) is 14.4. The fourth-order valence-corrected chi connectivity index (χ4v) is 2.17. The lowest BCUT2D eigenvalue weighted by atomic mass is 10.1. The molecule has 0 aromatic heterocycles. The van der Waals surface area contributed by atoms with Crippen LogP contribution in [0.15, 0.2) is 42.5 Å². The first-order valence-electron chi connectivity index (χ1n) is 6.23. The lowest BCUT2D eigenvalue weighted by molar-refractivity contribution is 0.185. The molecule has 0 saturated heterocycles. The number of anilines is 1. The number of hydrogen-bond donors (Lipinski definition) is 1. The summed E-state index contributed by atoms with van der Waals surface area (Å²) in [6, 6.07) is 15.5. The maximum Gasteiger partial charge on any atom is 0.0992 e. The van der Waals surface area contributed by atoms with E-state index in [1.54, 1.807) is 19.2 Å². The average Bonchev–Trinajstić information content (AvgIpc) is 2.46. The normalized spacial score (nSPS) is 10.1. The zero-order valence-corrected chi connectivity index (χ0v) is 11.9. The van der Waals surface area contributed by atoms with Crippen molar-refractivity contribution in [2.45, 2.75) is 13.2 Å². The van der Waals surface area contributed by atoms with Gasteiger partial charge in [0.15, 0.2) is 0 Å². The molecule has 2 rings (SSSR count). The molecular weight excluding hydrogens is 272 g/mol. The van der Waals surface area contributed by atoms with Crippen LogP contribution in [0.2, 0.25) is 5.02 Å². The van der Waals surface area contributed by atoms with E-state index in [0.717, 1.165) is 16.8 Å². The van der Waals surface area contributed by atoms with Gasteiger partial charge < -0.3 is 10.1 Å². The highest BCUT2D eigenvalue weighted by atomic mass is 35.5. The fraction of sp³-hybridized carbons (Fsp3) is 0.188. The standard InChI is InChI=1S/C16H15ClN2O/c1-20-11-14-4-2-3-13(7-14)10-19-16-6-5-12(9-18)8-15(16)17/h2-8,19H,10-11H2,1H3. The molecule has 2 aromatic rings. The third-order valence-corrected chi connectivity index (χ3v) is 3.20. The van der Waals surface area contributed by atoms with Crippen LogP contribution >= 0.6 is 11.6 Å². The number of nitrogens with one attached hydrogen (secondary N) is 1. The third-order valence-electron chi connectivity index (χ3n) is 2.88. The number of halogens is 1. The Hall–Kier alpha value is -2.02. The Balaban J connectivity index is 2.05. The van der Waals surface area contributed by atoms with Crippen LogP contribution < -0.4 is 5.32 Å². The molecule has 0 aliphatic carbocycles. The maximum absolute atomic E-state index is 8.80. The smallest absolute Gasteiger partial charge is 0.0992 e. The predicted octanol–water partition coefficient (Wildman–Crippen LogP) is 3.97. The number of ether oxygens (including phenoxy) is 1. The Kier molecular flexibility index (Phi) is 5.00. The minimum absolute atomic E-state index is 0.553. The van der Waals surface area contributed by atoms with Gasteiger partial charge in [0.1, 0.15) is 0 Å². The van der Waals surface area contributed by atoms with E-state index in [2.05, 4.69) is 17.5 Å². The van der Waals surface area contributed by atoms with Crippen molar-refractivity contribution < 1.29 is 4.74 Å². The van der Waals surface area contributed by atoms with Gasteiger partial charge in [0.2, 0.25) is 0 Å². The summed E-state index contributed by atoms with van der Waals surface area (Å²) in [6.07, 6.45) is 0. The Labute approximate surface area is 123 Å². The van der Waals surface area contributed by atoms with Crippen molar-refractivity contribution in [1.82, 2.24) is 0 Å². The summed E-state index contributed by atoms with van der Waals surface area (Å²) in [5.41, 5.74) is 3.67. The largest absolute Gasteiger partial charge is 0.380 e. The number of nitrogens with zero attached hydrogens (tertiary/aromatic N) is 1. The molecule has 3 nitrogen and oxygen atoms in total. The molecule has 0 unspecified atom stereocenters. The van der Waals surface area contributed by atoms with Gasteiger partial charge in [-0.1, -0.05) is 35.9 Å². The van der Waals surface area contributed by atoms with Gasteiger partial charge in [-0.25, -0.2) is 0 Å². The van der Waals surface area contributed by atoms with E-state index in [-0.39, 0.29) is 0 Å². The average molecular weight is 287 g/mol. The van der Waals surface area contributed by atoms with Crippen LogP contribution in [0.25, 0.3) is 0 Å². The quantitative estimate of drug-likeness (QED) is 0.904. The van der Waals surface area contributed by atoms with Crippen LogP contribution in [0.3, 0.4) is 0 Å². The number of benzene rings is 2. The molecule has 0 aliphatic heterocycles. The van der Waals surface area contributed by atoms with E-state index in [1.165, 1.54) is 0 Å². The first-order chi connectivity index (χ1) is 9.72. The van der Waals surface area contributed by atoms with Gasteiger partial charge in [-0.3, -0.25) is 0 Å². The summed E-state index contributed by atoms with van der Waals surface area (Å²) in [5.74, 6) is 0. The Morgan fingerprint density at radius 3 is 2.70 bits per heavy atom. The number of hydrogen-bond acceptors (Lipinski definition) is 3. The molecule has 0 spiro atoms. The van der Waals surface area contributed by atoms with Crippen molar-refractivity contribution in [3.8, 4) is 6.07 Å². The molecule has 0 fully saturated rings. The van der Waals surface area contributed by atoms with E-state index in [9.17, 15) is 0 Å². The van der Waals surface area contributed by atoms with Gasteiger partial charge in [-0.05, 0) is 29.3 Å². The summed E-state index contributed by atoms with van der Waals surface area (Å²) in [7, 11) is 1.68. The number of nitriles is 1. The molecule has 0 atom stereocenters. The van der Waals surface area contributed by atoms with Crippen LogP contribution in [0.4, 0.5) is 5.69 Å². The SMILES string of the molecule is COCc1cccc(CNc2ccc(C#N)cc2Cl)c1. The van der Waals surface area contributed by atoms with E-state index in [4.69, 9.17) is 21.6 Å². The molecule has 0 radical (unpaired) electrons. The lowest BCUT2D eigenvalue weighted by Crippen LogP contribution is -2.01. The highest BCUT2D eigenvalue weighted by Crippen LogP contribution is 2.23. The van der Waals surface area contributed by atoms with Crippen molar-refractivity contribution >= 4 is 17.3 Å². The van der Waals surface area contributed by atoms with Gasteiger partial charge in [-0.2, -0.15) is 5.26 Å². The maximum atomic E-state index is 8.80. The molecule has 0 amide bonds. The second-order valence-electron chi connectivity index (χ2n) is 4.41.